The molecule has 4 rings (SSSR count). The van der Waals surface area contributed by atoms with E-state index in [1.807, 2.05) is 72.8 Å². The summed E-state index contributed by atoms with van der Waals surface area (Å²) in [5.74, 6) is -1.78. The average molecular weight is 646 g/mol. The van der Waals surface area contributed by atoms with Crippen LogP contribution in [0.3, 0.4) is 0 Å². The molecule has 1 aliphatic rings. The van der Waals surface area contributed by atoms with E-state index in [0.29, 0.717) is 18.5 Å². The summed E-state index contributed by atoms with van der Waals surface area (Å²) in [5.41, 5.74) is 1.49. The molecule has 0 spiro atoms. The number of nitrogens with one attached hydrogen (secondary N) is 1. The fourth-order valence-corrected chi connectivity index (χ4v) is 6.36. The van der Waals surface area contributed by atoms with E-state index in [9.17, 15) is 19.2 Å². The average Bonchev–Trinajstić information content (AvgIpc) is 3.15. The van der Waals surface area contributed by atoms with E-state index in [-0.39, 0.29) is 18.8 Å². The molecule has 9 nitrogen and oxygen atoms in total. The Morgan fingerprint density at radius 1 is 0.935 bits per heavy atom. The number of thioether (sulfide) groups is 1. The van der Waals surface area contributed by atoms with Crippen molar-refractivity contribution in [2.75, 3.05) is 17.4 Å². The molecule has 3 aromatic rings. The Morgan fingerprint density at radius 2 is 1.54 bits per heavy atom. The molecule has 1 aliphatic heterocycles. The quantitative estimate of drug-likeness (QED) is 0.263. The third-order valence-corrected chi connectivity index (χ3v) is 8.48. The minimum Gasteiger partial charge on any atom is -0.465 e. The summed E-state index contributed by atoms with van der Waals surface area (Å²) < 4.78 is 11.2. The fraction of sp³-hybridized carbons (Fsp3) is 0.389. The van der Waals surface area contributed by atoms with E-state index in [0.717, 1.165) is 16.0 Å². The molecule has 0 saturated heterocycles. The monoisotopic (exact) mass is 645 g/mol. The van der Waals surface area contributed by atoms with E-state index in [1.165, 1.54) is 28.7 Å². The van der Waals surface area contributed by atoms with Gasteiger partial charge in [0.15, 0.2) is 6.04 Å². The van der Waals surface area contributed by atoms with Gasteiger partial charge in [0.1, 0.15) is 11.6 Å². The van der Waals surface area contributed by atoms with Crippen molar-refractivity contribution in [3.05, 3.63) is 96.1 Å². The number of rotatable bonds is 12. The van der Waals surface area contributed by atoms with Gasteiger partial charge in [-0.15, -0.1) is 11.8 Å². The van der Waals surface area contributed by atoms with Gasteiger partial charge < -0.3 is 9.47 Å². The molecule has 3 aromatic carbocycles. The van der Waals surface area contributed by atoms with Crippen LogP contribution >= 0.6 is 11.8 Å². The number of carbonyl (C=O) groups is 4. The number of para-hydroxylation sites is 1. The zero-order chi connectivity index (χ0) is 33.3. The number of aryl methyl sites for hydroxylation is 1. The molecule has 0 radical (unpaired) electrons. The first-order valence-corrected chi connectivity index (χ1v) is 16.6. The standard InChI is InChI=1S/C36H43N3O6S/c1-6-44-34(42)28(22-21-26-15-9-7-10-16-26)37-29-24-46-32-20-14-13-19-30(32)39(33(29)41)38(25(2)40)31(35(43)45-36(3,4)5)23-27-17-11-8-12-18-27/h7-20,28-29,31,37H,6,21-24H2,1-5H3/t28-,29?,31-/m0/s1. The van der Waals surface area contributed by atoms with Crippen LogP contribution in [0.4, 0.5) is 5.69 Å². The first kappa shape index (κ1) is 34.7. The van der Waals surface area contributed by atoms with Crippen molar-refractivity contribution in [2.24, 2.45) is 0 Å². The predicted octanol–water partition coefficient (Wildman–Crippen LogP) is 5.36. The maximum Gasteiger partial charge on any atom is 0.331 e. The molecule has 0 saturated carbocycles. The molecule has 0 aliphatic carbocycles. The summed E-state index contributed by atoms with van der Waals surface area (Å²) in [6.07, 6.45) is 1.11. The molecule has 1 heterocycles. The largest absolute Gasteiger partial charge is 0.465 e. The summed E-state index contributed by atoms with van der Waals surface area (Å²) in [4.78, 5) is 56.1. The van der Waals surface area contributed by atoms with E-state index >= 15 is 0 Å². The lowest BCUT2D eigenvalue weighted by atomic mass is 10.0. The van der Waals surface area contributed by atoms with Gasteiger partial charge in [-0.3, -0.25) is 19.7 Å². The van der Waals surface area contributed by atoms with Crippen LogP contribution in [0.25, 0.3) is 0 Å². The van der Waals surface area contributed by atoms with Gasteiger partial charge in [0.2, 0.25) is 5.91 Å². The van der Waals surface area contributed by atoms with Crippen molar-refractivity contribution >= 4 is 41.2 Å². The van der Waals surface area contributed by atoms with E-state index in [2.05, 4.69) is 5.32 Å². The Balaban J connectivity index is 1.74. The Labute approximate surface area is 275 Å². The molecule has 2 amide bonds. The summed E-state index contributed by atoms with van der Waals surface area (Å²) >= 11 is 1.44. The summed E-state index contributed by atoms with van der Waals surface area (Å²) in [5, 5.41) is 5.79. The lowest BCUT2D eigenvalue weighted by Gasteiger charge is -2.40. The minimum absolute atomic E-state index is 0.120. The number of amides is 2. The molecule has 10 heteroatoms. The van der Waals surface area contributed by atoms with Crippen molar-refractivity contribution < 1.29 is 28.7 Å². The highest BCUT2D eigenvalue weighted by Gasteiger charge is 2.43. The number of anilines is 1. The van der Waals surface area contributed by atoms with Crippen LogP contribution in [0.1, 0.15) is 52.2 Å². The molecule has 1 N–H and O–H groups in total. The molecule has 1 unspecified atom stereocenters. The van der Waals surface area contributed by atoms with Crippen LogP contribution in [0.2, 0.25) is 0 Å². The highest BCUT2D eigenvalue weighted by Crippen LogP contribution is 2.36. The summed E-state index contributed by atoms with van der Waals surface area (Å²) in [6.45, 7) is 8.55. The van der Waals surface area contributed by atoms with E-state index in [1.54, 1.807) is 39.8 Å². The number of hydrazine groups is 1. The Bertz CT molecular complexity index is 1490. The smallest absolute Gasteiger partial charge is 0.331 e. The highest BCUT2D eigenvalue weighted by molar-refractivity contribution is 7.99. The highest BCUT2D eigenvalue weighted by atomic mass is 32.2. The lowest BCUT2D eigenvalue weighted by Crippen LogP contribution is -2.63. The van der Waals surface area contributed by atoms with Gasteiger partial charge in [0.05, 0.1) is 18.3 Å². The Hall–Kier alpha value is -4.15. The fourth-order valence-electron chi connectivity index (χ4n) is 5.29. The number of esters is 2. The molecule has 46 heavy (non-hydrogen) atoms. The number of fused-ring (bicyclic) bond motifs is 1. The molecule has 0 aromatic heterocycles. The predicted molar refractivity (Wildman–Crippen MR) is 179 cm³/mol. The van der Waals surface area contributed by atoms with E-state index < -0.39 is 47.5 Å². The second kappa shape index (κ2) is 15.9. The number of nitrogens with zero attached hydrogens (tertiary/aromatic N) is 2. The van der Waals surface area contributed by atoms with Gasteiger partial charge in [-0.2, -0.15) is 0 Å². The molecule has 3 atom stereocenters. The number of carbonyl (C=O) groups excluding carboxylic acids is 4. The van der Waals surface area contributed by atoms with E-state index in [4.69, 9.17) is 9.47 Å². The zero-order valence-electron chi connectivity index (χ0n) is 27.1. The van der Waals surface area contributed by atoms with Crippen molar-refractivity contribution in [1.82, 2.24) is 10.3 Å². The number of ether oxygens (including phenoxy) is 2. The van der Waals surface area contributed by atoms with Crippen molar-refractivity contribution in [1.29, 1.82) is 0 Å². The second-order valence-corrected chi connectivity index (χ2v) is 13.1. The topological polar surface area (TPSA) is 105 Å². The van der Waals surface area contributed by atoms with Gasteiger partial charge in [0, 0.05) is 24.0 Å². The maximum atomic E-state index is 14.7. The van der Waals surface area contributed by atoms with Gasteiger partial charge in [-0.25, -0.2) is 14.8 Å². The van der Waals surface area contributed by atoms with Crippen LogP contribution in [0.5, 0.6) is 0 Å². The molecule has 0 fully saturated rings. The first-order valence-electron chi connectivity index (χ1n) is 15.6. The molecule has 244 valence electrons. The molecular formula is C36H43N3O6S. The Kier molecular flexibility index (Phi) is 12.0. The minimum atomic E-state index is -1.15. The third-order valence-electron chi connectivity index (χ3n) is 7.33. The lowest BCUT2D eigenvalue weighted by molar-refractivity contribution is -0.165. The first-order chi connectivity index (χ1) is 22.0. The van der Waals surface area contributed by atoms with Crippen molar-refractivity contribution in [3.8, 4) is 0 Å². The van der Waals surface area contributed by atoms with Crippen LogP contribution in [0.15, 0.2) is 89.8 Å². The maximum absolute atomic E-state index is 14.7. The SMILES string of the molecule is CCOC(=O)[C@H](CCc1ccccc1)NC1CSc2ccccc2N(N(C(C)=O)[C@@H](Cc2ccccc2)C(=O)OC(C)(C)C)C1=O. The summed E-state index contributed by atoms with van der Waals surface area (Å²) in [6, 6.07) is 23.5. The van der Waals surface area contributed by atoms with Crippen LogP contribution in [-0.4, -0.2) is 64.8 Å². The van der Waals surface area contributed by atoms with Gasteiger partial charge in [0.25, 0.3) is 5.91 Å². The van der Waals surface area contributed by atoms with Gasteiger partial charge >= 0.3 is 11.9 Å². The van der Waals surface area contributed by atoms with Crippen LogP contribution in [0, 0.1) is 0 Å². The Morgan fingerprint density at radius 3 is 2.15 bits per heavy atom. The van der Waals surface area contributed by atoms with Crippen molar-refractivity contribution in [2.45, 2.75) is 82.5 Å². The molecule has 0 bridgehead atoms. The number of hydrogen-bond donors (Lipinski definition) is 1. The van der Waals surface area contributed by atoms with Crippen LogP contribution < -0.4 is 10.3 Å². The molecular weight excluding hydrogens is 602 g/mol. The van der Waals surface area contributed by atoms with Crippen LogP contribution in [-0.2, 0) is 41.5 Å². The summed E-state index contributed by atoms with van der Waals surface area (Å²) in [7, 11) is 0. The van der Waals surface area contributed by atoms with Crippen molar-refractivity contribution in [3.63, 3.8) is 0 Å². The van der Waals surface area contributed by atoms with Gasteiger partial charge in [-0.05, 0) is 63.8 Å². The normalized spacial score (nSPS) is 16.1. The van der Waals surface area contributed by atoms with Gasteiger partial charge in [-0.1, -0.05) is 72.8 Å². The zero-order valence-corrected chi connectivity index (χ0v) is 27.9. The number of benzene rings is 3. The number of hydrogen-bond acceptors (Lipinski definition) is 8. The third kappa shape index (κ3) is 9.20. The second-order valence-electron chi connectivity index (χ2n) is 12.1.